The summed E-state index contributed by atoms with van der Waals surface area (Å²) in [6.45, 7) is 3.01. The van der Waals surface area contributed by atoms with Gasteiger partial charge in [-0.05, 0) is 24.7 Å². The number of ether oxygens (including phenoxy) is 1. The Kier molecular flexibility index (Phi) is 3.98. The molecule has 2 heterocycles. The topological polar surface area (TPSA) is 39.1 Å². The molecule has 1 aromatic carbocycles. The SMILES string of the molecule is CCNC(c1ccn(C)n1)C1CSc2ccccc2O1. The van der Waals surface area contributed by atoms with Gasteiger partial charge in [-0.2, -0.15) is 5.10 Å². The predicted molar refractivity (Wildman–Crippen MR) is 81.2 cm³/mol. The van der Waals surface area contributed by atoms with E-state index in [4.69, 9.17) is 4.74 Å². The Balaban J connectivity index is 1.83. The molecule has 4 nitrogen and oxygen atoms in total. The van der Waals surface area contributed by atoms with Gasteiger partial charge in [-0.15, -0.1) is 11.8 Å². The van der Waals surface area contributed by atoms with Crippen molar-refractivity contribution in [2.45, 2.75) is 24.0 Å². The lowest BCUT2D eigenvalue weighted by Gasteiger charge is -2.31. The Morgan fingerprint density at radius 3 is 3.05 bits per heavy atom. The maximum absolute atomic E-state index is 6.18. The number of likely N-dealkylation sites (N-methyl/N-ethyl adjacent to an activating group) is 1. The molecule has 0 bridgehead atoms. The number of hydrogen-bond donors (Lipinski definition) is 1. The quantitative estimate of drug-likeness (QED) is 0.939. The number of para-hydroxylation sites is 1. The number of nitrogens with one attached hydrogen (secondary N) is 1. The van der Waals surface area contributed by atoms with Crippen LogP contribution in [0.15, 0.2) is 41.4 Å². The van der Waals surface area contributed by atoms with Gasteiger partial charge >= 0.3 is 0 Å². The molecular formula is C15H19N3OS. The van der Waals surface area contributed by atoms with Gasteiger partial charge in [0.25, 0.3) is 0 Å². The minimum atomic E-state index is 0.102. The number of benzene rings is 1. The summed E-state index contributed by atoms with van der Waals surface area (Å²) in [6.07, 6.45) is 2.08. The van der Waals surface area contributed by atoms with Gasteiger partial charge in [0.05, 0.1) is 11.7 Å². The third kappa shape index (κ3) is 2.69. The second-order valence-electron chi connectivity index (χ2n) is 4.86. The average Bonchev–Trinajstić information content (AvgIpc) is 2.90. The Labute approximate surface area is 123 Å². The van der Waals surface area contributed by atoms with E-state index in [-0.39, 0.29) is 12.1 Å². The molecular weight excluding hydrogens is 270 g/mol. The van der Waals surface area contributed by atoms with Gasteiger partial charge in [-0.25, -0.2) is 0 Å². The molecule has 106 valence electrons. The summed E-state index contributed by atoms with van der Waals surface area (Å²) in [5.41, 5.74) is 1.04. The standard InChI is InChI=1S/C15H19N3OS/c1-3-16-15(11-8-9-18(2)17-11)13-10-20-14-7-5-4-6-12(14)19-13/h4-9,13,15-16H,3,10H2,1-2H3. The van der Waals surface area contributed by atoms with E-state index in [9.17, 15) is 0 Å². The number of hydrogen-bond acceptors (Lipinski definition) is 4. The molecule has 1 aromatic heterocycles. The molecule has 3 rings (SSSR count). The molecule has 2 atom stereocenters. The molecule has 0 aliphatic carbocycles. The van der Waals surface area contributed by atoms with Crippen LogP contribution in [-0.2, 0) is 7.05 Å². The molecule has 0 saturated carbocycles. The summed E-state index contributed by atoms with van der Waals surface area (Å²) in [7, 11) is 1.94. The second kappa shape index (κ2) is 5.89. The summed E-state index contributed by atoms with van der Waals surface area (Å²) in [6, 6.07) is 10.4. The van der Waals surface area contributed by atoms with Crippen molar-refractivity contribution in [1.82, 2.24) is 15.1 Å². The third-order valence-electron chi connectivity index (χ3n) is 3.38. The van der Waals surface area contributed by atoms with Gasteiger partial charge in [-0.1, -0.05) is 19.1 Å². The van der Waals surface area contributed by atoms with Crippen molar-refractivity contribution < 1.29 is 4.74 Å². The van der Waals surface area contributed by atoms with E-state index in [2.05, 4.69) is 35.5 Å². The molecule has 0 fully saturated rings. The van der Waals surface area contributed by atoms with Crippen LogP contribution in [0.4, 0.5) is 0 Å². The highest BCUT2D eigenvalue weighted by molar-refractivity contribution is 7.99. The third-order valence-corrected chi connectivity index (χ3v) is 4.52. The van der Waals surface area contributed by atoms with E-state index < -0.39 is 0 Å². The predicted octanol–water partition coefficient (Wildman–Crippen LogP) is 2.62. The van der Waals surface area contributed by atoms with Crippen molar-refractivity contribution in [3.63, 3.8) is 0 Å². The van der Waals surface area contributed by atoms with Crippen LogP contribution in [-0.4, -0.2) is 28.2 Å². The zero-order valence-electron chi connectivity index (χ0n) is 11.7. The fourth-order valence-corrected chi connectivity index (χ4v) is 3.48. The van der Waals surface area contributed by atoms with Gasteiger partial charge in [0.15, 0.2) is 0 Å². The highest BCUT2D eigenvalue weighted by Gasteiger charge is 2.30. The van der Waals surface area contributed by atoms with E-state index in [0.29, 0.717) is 0 Å². The molecule has 0 saturated heterocycles. The first kappa shape index (κ1) is 13.5. The minimum absolute atomic E-state index is 0.102. The monoisotopic (exact) mass is 289 g/mol. The average molecular weight is 289 g/mol. The van der Waals surface area contributed by atoms with Crippen molar-refractivity contribution in [3.8, 4) is 5.75 Å². The van der Waals surface area contributed by atoms with E-state index in [0.717, 1.165) is 23.7 Å². The Bertz CT molecular complexity index is 584. The van der Waals surface area contributed by atoms with Crippen LogP contribution in [0, 0.1) is 0 Å². The fraction of sp³-hybridized carbons (Fsp3) is 0.400. The van der Waals surface area contributed by atoms with E-state index in [1.54, 1.807) is 0 Å². The maximum Gasteiger partial charge on any atom is 0.133 e. The lowest BCUT2D eigenvalue weighted by atomic mass is 10.1. The van der Waals surface area contributed by atoms with Crippen LogP contribution >= 0.6 is 11.8 Å². The van der Waals surface area contributed by atoms with Crippen molar-refractivity contribution >= 4 is 11.8 Å². The van der Waals surface area contributed by atoms with Gasteiger partial charge in [0, 0.05) is 23.9 Å². The summed E-state index contributed by atoms with van der Waals surface area (Å²) in [5, 5.41) is 8.02. The largest absolute Gasteiger partial charge is 0.486 e. The highest BCUT2D eigenvalue weighted by Crippen LogP contribution is 2.37. The van der Waals surface area contributed by atoms with E-state index in [1.165, 1.54) is 4.90 Å². The lowest BCUT2D eigenvalue weighted by molar-refractivity contribution is 0.165. The number of fused-ring (bicyclic) bond motifs is 1. The summed E-state index contributed by atoms with van der Waals surface area (Å²) in [5.74, 6) is 1.92. The molecule has 0 spiro atoms. The molecule has 20 heavy (non-hydrogen) atoms. The molecule has 2 unspecified atom stereocenters. The first-order chi connectivity index (χ1) is 9.78. The van der Waals surface area contributed by atoms with Gasteiger partial charge in [0.2, 0.25) is 0 Å². The Hall–Kier alpha value is -1.46. The van der Waals surface area contributed by atoms with Gasteiger partial charge in [-0.3, -0.25) is 4.68 Å². The number of thioether (sulfide) groups is 1. The van der Waals surface area contributed by atoms with Crippen LogP contribution in [0.3, 0.4) is 0 Å². The van der Waals surface area contributed by atoms with Crippen LogP contribution < -0.4 is 10.1 Å². The smallest absolute Gasteiger partial charge is 0.133 e. The van der Waals surface area contributed by atoms with Crippen molar-refractivity contribution in [2.24, 2.45) is 7.05 Å². The molecule has 5 heteroatoms. The zero-order valence-corrected chi connectivity index (χ0v) is 12.6. The van der Waals surface area contributed by atoms with Crippen molar-refractivity contribution in [2.75, 3.05) is 12.3 Å². The first-order valence-electron chi connectivity index (χ1n) is 6.89. The zero-order chi connectivity index (χ0) is 13.9. The first-order valence-corrected chi connectivity index (χ1v) is 7.88. The summed E-state index contributed by atoms with van der Waals surface area (Å²) in [4.78, 5) is 1.22. The van der Waals surface area contributed by atoms with Crippen LogP contribution in [0.5, 0.6) is 5.75 Å². The van der Waals surface area contributed by atoms with E-state index in [1.807, 2.05) is 41.8 Å². The minimum Gasteiger partial charge on any atom is -0.486 e. The lowest BCUT2D eigenvalue weighted by Crippen LogP contribution is -2.39. The Morgan fingerprint density at radius 1 is 1.45 bits per heavy atom. The van der Waals surface area contributed by atoms with Crippen LogP contribution in [0.1, 0.15) is 18.7 Å². The van der Waals surface area contributed by atoms with Crippen molar-refractivity contribution in [1.29, 1.82) is 0 Å². The fourth-order valence-electron chi connectivity index (χ4n) is 2.45. The molecule has 1 aliphatic rings. The summed E-state index contributed by atoms with van der Waals surface area (Å²) < 4.78 is 8.01. The maximum atomic E-state index is 6.18. The molecule has 1 aliphatic heterocycles. The number of nitrogens with zero attached hydrogens (tertiary/aromatic N) is 2. The van der Waals surface area contributed by atoms with E-state index >= 15 is 0 Å². The van der Waals surface area contributed by atoms with Gasteiger partial charge < -0.3 is 10.1 Å². The van der Waals surface area contributed by atoms with Crippen LogP contribution in [0.2, 0.25) is 0 Å². The number of aromatic nitrogens is 2. The van der Waals surface area contributed by atoms with Gasteiger partial charge in [0.1, 0.15) is 11.9 Å². The molecule has 0 radical (unpaired) electrons. The number of aryl methyl sites for hydroxylation is 1. The van der Waals surface area contributed by atoms with Crippen LogP contribution in [0.25, 0.3) is 0 Å². The number of rotatable bonds is 4. The molecule has 2 aromatic rings. The molecule has 0 amide bonds. The normalized spacial score (nSPS) is 19.2. The molecule has 1 N–H and O–H groups in total. The summed E-state index contributed by atoms with van der Waals surface area (Å²) >= 11 is 1.85. The Morgan fingerprint density at radius 2 is 2.30 bits per heavy atom. The van der Waals surface area contributed by atoms with Crippen molar-refractivity contribution in [3.05, 3.63) is 42.2 Å². The highest BCUT2D eigenvalue weighted by atomic mass is 32.2. The second-order valence-corrected chi connectivity index (χ2v) is 5.93.